The normalized spacial score (nSPS) is 19.8. The van der Waals surface area contributed by atoms with Crippen LogP contribution in [0.1, 0.15) is 30.6 Å². The Morgan fingerprint density at radius 2 is 1.54 bits per heavy atom. The number of morpholine rings is 1. The van der Waals surface area contributed by atoms with E-state index in [9.17, 15) is 9.59 Å². The van der Waals surface area contributed by atoms with Crippen LogP contribution < -0.4 is 10.9 Å². The first-order valence-electron chi connectivity index (χ1n) is 9.64. The summed E-state index contributed by atoms with van der Waals surface area (Å²) in [7, 11) is 0. The van der Waals surface area contributed by atoms with Crippen LogP contribution in [0.15, 0.2) is 54.6 Å². The fourth-order valence-corrected chi connectivity index (χ4v) is 3.43. The second-order valence-corrected chi connectivity index (χ2v) is 7.21. The highest BCUT2D eigenvalue weighted by atomic mass is 16.5. The van der Waals surface area contributed by atoms with Gasteiger partial charge in [-0.3, -0.25) is 25.3 Å². The van der Waals surface area contributed by atoms with E-state index in [0.29, 0.717) is 18.5 Å². The Balaban J connectivity index is 1.44. The molecule has 0 spiro atoms. The van der Waals surface area contributed by atoms with E-state index < -0.39 is 0 Å². The standard InChI is InChI=1S/C22H27N3O3/c1-16-14-25(15-17(2)28-16)13-12-21(26)23-24-22(27)20-10-8-19(9-11-20)18-6-4-3-5-7-18/h3-11,16-17H,12-15H2,1-2H3,(H,23,26)(H,24,27)/t16-,17-/m0/s1. The summed E-state index contributed by atoms with van der Waals surface area (Å²) < 4.78 is 5.69. The van der Waals surface area contributed by atoms with E-state index in [4.69, 9.17) is 4.74 Å². The molecule has 6 heteroatoms. The molecular formula is C22H27N3O3. The van der Waals surface area contributed by atoms with Crippen LogP contribution in [-0.4, -0.2) is 48.6 Å². The van der Waals surface area contributed by atoms with Crippen LogP contribution in [0.5, 0.6) is 0 Å². The van der Waals surface area contributed by atoms with E-state index in [1.54, 1.807) is 12.1 Å². The number of ether oxygens (including phenoxy) is 1. The van der Waals surface area contributed by atoms with Crippen LogP contribution in [0.4, 0.5) is 0 Å². The topological polar surface area (TPSA) is 70.7 Å². The van der Waals surface area contributed by atoms with Crippen molar-refractivity contribution in [3.8, 4) is 11.1 Å². The van der Waals surface area contributed by atoms with Gasteiger partial charge in [-0.05, 0) is 37.1 Å². The lowest BCUT2D eigenvalue weighted by molar-refractivity contribution is -0.123. The minimum absolute atomic E-state index is 0.172. The lowest BCUT2D eigenvalue weighted by Crippen LogP contribution is -2.47. The fourth-order valence-electron chi connectivity index (χ4n) is 3.43. The van der Waals surface area contributed by atoms with Gasteiger partial charge in [0.25, 0.3) is 5.91 Å². The molecule has 2 aromatic carbocycles. The van der Waals surface area contributed by atoms with Crippen molar-refractivity contribution >= 4 is 11.8 Å². The number of rotatable bonds is 5. The molecule has 1 saturated heterocycles. The van der Waals surface area contributed by atoms with Crippen LogP contribution in [0.2, 0.25) is 0 Å². The van der Waals surface area contributed by atoms with Gasteiger partial charge in [0.15, 0.2) is 0 Å². The van der Waals surface area contributed by atoms with E-state index in [0.717, 1.165) is 24.2 Å². The van der Waals surface area contributed by atoms with Crippen molar-refractivity contribution in [3.05, 3.63) is 60.2 Å². The maximum atomic E-state index is 12.2. The lowest BCUT2D eigenvalue weighted by atomic mass is 10.0. The molecule has 2 atom stereocenters. The number of nitrogens with one attached hydrogen (secondary N) is 2. The zero-order valence-corrected chi connectivity index (χ0v) is 16.4. The fraction of sp³-hybridized carbons (Fsp3) is 0.364. The summed E-state index contributed by atoms with van der Waals surface area (Å²) in [5.41, 5.74) is 7.60. The molecule has 1 aliphatic rings. The van der Waals surface area contributed by atoms with E-state index in [1.165, 1.54) is 0 Å². The number of carbonyl (C=O) groups excluding carboxylic acids is 2. The highest BCUT2D eigenvalue weighted by Gasteiger charge is 2.22. The summed E-state index contributed by atoms with van der Waals surface area (Å²) in [5.74, 6) is -0.539. The van der Waals surface area contributed by atoms with Gasteiger partial charge in [0.2, 0.25) is 5.91 Å². The largest absolute Gasteiger partial charge is 0.373 e. The highest BCUT2D eigenvalue weighted by Crippen LogP contribution is 2.19. The third kappa shape index (κ3) is 5.65. The Morgan fingerprint density at radius 3 is 2.18 bits per heavy atom. The van der Waals surface area contributed by atoms with E-state index in [2.05, 4.69) is 15.8 Å². The number of nitrogens with zero attached hydrogens (tertiary/aromatic N) is 1. The van der Waals surface area contributed by atoms with Gasteiger partial charge in [-0.2, -0.15) is 0 Å². The molecule has 0 radical (unpaired) electrons. The van der Waals surface area contributed by atoms with Crippen LogP contribution in [0.25, 0.3) is 11.1 Å². The second-order valence-electron chi connectivity index (χ2n) is 7.21. The highest BCUT2D eigenvalue weighted by molar-refractivity contribution is 5.95. The first kappa shape index (κ1) is 20.0. The molecule has 1 heterocycles. The third-order valence-corrected chi connectivity index (χ3v) is 4.72. The molecule has 0 saturated carbocycles. The molecule has 0 unspecified atom stereocenters. The maximum absolute atomic E-state index is 12.2. The van der Waals surface area contributed by atoms with Gasteiger partial charge in [0.05, 0.1) is 12.2 Å². The van der Waals surface area contributed by atoms with Crippen LogP contribution in [-0.2, 0) is 9.53 Å². The molecule has 2 N–H and O–H groups in total. The Kier molecular flexibility index (Phi) is 6.79. The van der Waals surface area contributed by atoms with Gasteiger partial charge < -0.3 is 4.74 Å². The lowest BCUT2D eigenvalue weighted by Gasteiger charge is -2.35. The summed E-state index contributed by atoms with van der Waals surface area (Å²) in [6, 6.07) is 17.2. The summed E-state index contributed by atoms with van der Waals surface area (Å²) in [6.07, 6.45) is 0.669. The minimum atomic E-state index is -0.332. The Bertz CT molecular complexity index is 782. The van der Waals surface area contributed by atoms with E-state index in [-0.39, 0.29) is 24.0 Å². The number of carbonyl (C=O) groups is 2. The van der Waals surface area contributed by atoms with Gasteiger partial charge in [-0.25, -0.2) is 0 Å². The number of hydrazine groups is 1. The number of benzene rings is 2. The van der Waals surface area contributed by atoms with Crippen LogP contribution in [0.3, 0.4) is 0 Å². The Labute approximate surface area is 165 Å². The quantitative estimate of drug-likeness (QED) is 0.781. The van der Waals surface area contributed by atoms with Crippen LogP contribution >= 0.6 is 0 Å². The molecule has 0 bridgehead atoms. The summed E-state index contributed by atoms with van der Waals surface area (Å²) in [4.78, 5) is 26.5. The van der Waals surface area contributed by atoms with Crippen molar-refractivity contribution in [2.75, 3.05) is 19.6 Å². The Morgan fingerprint density at radius 1 is 0.929 bits per heavy atom. The average Bonchev–Trinajstić information content (AvgIpc) is 2.70. The van der Waals surface area contributed by atoms with E-state index in [1.807, 2.05) is 56.3 Å². The van der Waals surface area contributed by atoms with Gasteiger partial charge in [0.1, 0.15) is 0 Å². The minimum Gasteiger partial charge on any atom is -0.373 e. The molecule has 148 valence electrons. The zero-order valence-electron chi connectivity index (χ0n) is 16.4. The average molecular weight is 381 g/mol. The smallest absolute Gasteiger partial charge is 0.269 e. The molecule has 1 fully saturated rings. The molecule has 1 aliphatic heterocycles. The predicted molar refractivity (Wildman–Crippen MR) is 109 cm³/mol. The molecule has 3 rings (SSSR count). The van der Waals surface area contributed by atoms with Crippen LogP contribution in [0, 0.1) is 0 Å². The summed E-state index contributed by atoms with van der Waals surface area (Å²) >= 11 is 0. The molecular weight excluding hydrogens is 354 g/mol. The summed E-state index contributed by atoms with van der Waals surface area (Å²) in [5, 5.41) is 0. The number of hydrogen-bond donors (Lipinski definition) is 2. The summed E-state index contributed by atoms with van der Waals surface area (Å²) in [6.45, 7) is 6.35. The molecule has 0 aliphatic carbocycles. The molecule has 6 nitrogen and oxygen atoms in total. The van der Waals surface area contributed by atoms with E-state index >= 15 is 0 Å². The van der Waals surface area contributed by atoms with Crippen molar-refractivity contribution in [1.29, 1.82) is 0 Å². The van der Waals surface area contributed by atoms with Crippen molar-refractivity contribution in [3.63, 3.8) is 0 Å². The van der Waals surface area contributed by atoms with Gasteiger partial charge >= 0.3 is 0 Å². The zero-order chi connectivity index (χ0) is 19.9. The van der Waals surface area contributed by atoms with Crippen molar-refractivity contribution < 1.29 is 14.3 Å². The number of amides is 2. The second kappa shape index (κ2) is 9.48. The maximum Gasteiger partial charge on any atom is 0.269 e. The van der Waals surface area contributed by atoms with Crippen molar-refractivity contribution in [2.45, 2.75) is 32.5 Å². The third-order valence-electron chi connectivity index (χ3n) is 4.72. The van der Waals surface area contributed by atoms with Gasteiger partial charge in [-0.15, -0.1) is 0 Å². The van der Waals surface area contributed by atoms with Crippen molar-refractivity contribution in [1.82, 2.24) is 15.8 Å². The monoisotopic (exact) mass is 381 g/mol. The van der Waals surface area contributed by atoms with Gasteiger partial charge in [-0.1, -0.05) is 42.5 Å². The predicted octanol–water partition coefficient (Wildman–Crippen LogP) is 2.61. The number of hydrogen-bond acceptors (Lipinski definition) is 4. The Hall–Kier alpha value is -2.70. The molecule has 0 aromatic heterocycles. The molecule has 2 aromatic rings. The SMILES string of the molecule is C[C@H]1CN(CCC(=O)NNC(=O)c2ccc(-c3ccccc3)cc2)C[C@H](C)O1. The van der Waals surface area contributed by atoms with Gasteiger partial charge in [0, 0.05) is 31.6 Å². The first-order chi connectivity index (χ1) is 13.5. The molecule has 2 amide bonds. The first-order valence-corrected chi connectivity index (χ1v) is 9.64. The molecule has 28 heavy (non-hydrogen) atoms. The van der Waals surface area contributed by atoms with Crippen molar-refractivity contribution in [2.24, 2.45) is 0 Å².